The Morgan fingerprint density at radius 2 is 1.82 bits per heavy atom. The van der Waals surface area contributed by atoms with Gasteiger partial charge in [0, 0.05) is 25.6 Å². The van der Waals surface area contributed by atoms with Gasteiger partial charge >= 0.3 is 5.97 Å². The van der Waals surface area contributed by atoms with E-state index in [1.165, 1.54) is 6.92 Å². The maximum Gasteiger partial charge on any atom is 0.308 e. The number of aromatic nitrogens is 2. The van der Waals surface area contributed by atoms with Gasteiger partial charge in [-0.05, 0) is 51.3 Å². The van der Waals surface area contributed by atoms with Crippen molar-refractivity contribution in [1.82, 2.24) is 15.5 Å². The summed E-state index contributed by atoms with van der Waals surface area (Å²) in [7, 11) is 0. The van der Waals surface area contributed by atoms with E-state index >= 15 is 0 Å². The molecule has 0 radical (unpaired) electrons. The van der Waals surface area contributed by atoms with E-state index < -0.39 is 0 Å². The minimum absolute atomic E-state index is 0.0198. The van der Waals surface area contributed by atoms with Crippen molar-refractivity contribution < 1.29 is 14.6 Å². The molecule has 10 heteroatoms. The summed E-state index contributed by atoms with van der Waals surface area (Å²) >= 11 is 0. The number of fused-ring (bicyclic) bond motifs is 1. The van der Waals surface area contributed by atoms with Crippen molar-refractivity contribution in [2.24, 2.45) is 5.92 Å². The fraction of sp³-hybridized carbons (Fsp3) is 0.542. The zero-order valence-electron chi connectivity index (χ0n) is 21.1. The van der Waals surface area contributed by atoms with Crippen molar-refractivity contribution in [3.63, 3.8) is 0 Å². The lowest BCUT2D eigenvalue weighted by molar-refractivity contribution is -0.131. The van der Waals surface area contributed by atoms with E-state index in [2.05, 4.69) is 43.9 Å². The maximum atomic E-state index is 11.3. The summed E-state index contributed by atoms with van der Waals surface area (Å²) in [6.07, 6.45) is 0. The smallest absolute Gasteiger partial charge is 0.308 e. The molecule has 0 bridgehead atoms. The fourth-order valence-electron chi connectivity index (χ4n) is 3.63. The normalized spacial score (nSPS) is 14.1. The van der Waals surface area contributed by atoms with Crippen LogP contribution in [0.3, 0.4) is 0 Å². The molecule has 0 spiro atoms. The molecule has 10 nitrogen and oxygen atoms in total. The summed E-state index contributed by atoms with van der Waals surface area (Å²) < 4.78 is 5.22. The molecule has 0 unspecified atom stereocenters. The van der Waals surface area contributed by atoms with Crippen molar-refractivity contribution in [2.45, 2.75) is 73.1 Å². The van der Waals surface area contributed by atoms with Crippen LogP contribution in [-0.4, -0.2) is 45.8 Å². The first-order valence-electron chi connectivity index (χ1n) is 11.8. The second-order valence-electron chi connectivity index (χ2n) is 9.37. The Morgan fingerprint density at radius 3 is 2.41 bits per heavy atom. The summed E-state index contributed by atoms with van der Waals surface area (Å²) in [5.74, 6) is 2.22. The van der Waals surface area contributed by atoms with Crippen LogP contribution < -0.4 is 30.9 Å². The Labute approximate surface area is 201 Å². The summed E-state index contributed by atoms with van der Waals surface area (Å²) in [6, 6.07) is 7.52. The number of hydrogen-bond acceptors (Lipinski definition) is 10. The van der Waals surface area contributed by atoms with Gasteiger partial charge in [0.25, 0.3) is 0 Å². The largest absolute Gasteiger partial charge is 0.427 e. The minimum atomic E-state index is -0.356. The fourth-order valence-corrected chi connectivity index (χ4v) is 3.63. The highest BCUT2D eigenvalue weighted by Crippen LogP contribution is 2.40. The first-order valence-corrected chi connectivity index (χ1v) is 11.8. The molecule has 0 aliphatic carbocycles. The lowest BCUT2D eigenvalue weighted by atomic mass is 10.1. The van der Waals surface area contributed by atoms with E-state index in [1.54, 1.807) is 6.07 Å². The van der Waals surface area contributed by atoms with Crippen LogP contribution in [0.2, 0.25) is 0 Å². The Balaban J connectivity index is 1.98. The number of hydrazine groups is 2. The summed E-state index contributed by atoms with van der Waals surface area (Å²) in [4.78, 5) is 20.9. The van der Waals surface area contributed by atoms with Crippen LogP contribution in [0.4, 0.5) is 23.3 Å². The molecule has 1 aromatic carbocycles. The van der Waals surface area contributed by atoms with Crippen LogP contribution >= 0.6 is 0 Å². The van der Waals surface area contributed by atoms with Crippen molar-refractivity contribution in [1.29, 1.82) is 0 Å². The number of aliphatic hydroxyl groups is 1. The van der Waals surface area contributed by atoms with Crippen molar-refractivity contribution in [2.75, 3.05) is 27.3 Å². The SMILES string of the molecule is CC(=O)Oc1cccc(CNc2nc(N[C@@H](CO)C(C)C)nc3c2N(C(C)C)NN3C(C)C)c1. The van der Waals surface area contributed by atoms with E-state index in [4.69, 9.17) is 14.7 Å². The number of carbonyl (C=O) groups is 1. The third kappa shape index (κ3) is 5.87. The lowest BCUT2D eigenvalue weighted by Crippen LogP contribution is -2.50. The zero-order valence-corrected chi connectivity index (χ0v) is 21.1. The van der Waals surface area contributed by atoms with Crippen LogP contribution in [0.15, 0.2) is 24.3 Å². The molecule has 1 atom stereocenters. The van der Waals surface area contributed by atoms with E-state index in [9.17, 15) is 9.90 Å². The Kier molecular flexibility index (Phi) is 8.16. The number of esters is 1. The topological polar surface area (TPSA) is 115 Å². The van der Waals surface area contributed by atoms with Gasteiger partial charge in [0.1, 0.15) is 11.4 Å². The molecule has 1 aromatic heterocycles. The van der Waals surface area contributed by atoms with Crippen LogP contribution in [-0.2, 0) is 11.3 Å². The standard InChI is InChI=1S/C24H37N7O3/c1-14(2)20(13-32)26-24-27-22(25-12-18-9-8-10-19(11-18)34-17(7)33)21-23(28-24)31(16(5)6)29-30(21)15(3)4/h8-11,14-16,20,29,32H,12-13H2,1-7H3,(H2,25,26,27,28)/t20-/m0/s1. The molecular formula is C24H37N7O3. The van der Waals surface area contributed by atoms with Gasteiger partial charge in [-0.15, -0.1) is 5.53 Å². The average molecular weight is 472 g/mol. The molecule has 0 amide bonds. The minimum Gasteiger partial charge on any atom is -0.427 e. The molecule has 186 valence electrons. The van der Waals surface area contributed by atoms with Gasteiger partial charge in [0.05, 0.1) is 12.6 Å². The van der Waals surface area contributed by atoms with E-state index in [0.717, 1.165) is 17.1 Å². The van der Waals surface area contributed by atoms with E-state index in [1.807, 2.05) is 42.1 Å². The number of nitrogens with zero attached hydrogens (tertiary/aromatic N) is 4. The number of hydrogen-bond donors (Lipinski definition) is 4. The van der Waals surface area contributed by atoms with Gasteiger partial charge in [0.2, 0.25) is 5.95 Å². The molecule has 2 heterocycles. The highest BCUT2D eigenvalue weighted by Gasteiger charge is 2.35. The summed E-state index contributed by atoms with van der Waals surface area (Å²) in [5.41, 5.74) is 5.23. The number of nitrogens with one attached hydrogen (secondary N) is 3. The highest BCUT2D eigenvalue weighted by molar-refractivity contribution is 5.83. The number of aliphatic hydroxyl groups excluding tert-OH is 1. The molecule has 1 aliphatic heterocycles. The second-order valence-corrected chi connectivity index (χ2v) is 9.37. The average Bonchev–Trinajstić information content (AvgIpc) is 3.16. The Bertz CT molecular complexity index is 997. The molecule has 0 saturated carbocycles. The number of rotatable bonds is 10. The van der Waals surface area contributed by atoms with E-state index in [-0.39, 0.29) is 36.6 Å². The van der Waals surface area contributed by atoms with Crippen molar-refractivity contribution >= 4 is 29.2 Å². The van der Waals surface area contributed by atoms with Gasteiger partial charge in [0.15, 0.2) is 11.6 Å². The predicted molar refractivity (Wildman–Crippen MR) is 135 cm³/mol. The van der Waals surface area contributed by atoms with Gasteiger partial charge in [-0.2, -0.15) is 9.97 Å². The summed E-state index contributed by atoms with van der Waals surface area (Å²) in [6.45, 7) is 14.3. The zero-order chi connectivity index (χ0) is 25.0. The molecule has 34 heavy (non-hydrogen) atoms. The van der Waals surface area contributed by atoms with Gasteiger partial charge in [-0.3, -0.25) is 14.8 Å². The third-order valence-electron chi connectivity index (χ3n) is 5.52. The molecule has 2 aromatic rings. The van der Waals surface area contributed by atoms with Crippen molar-refractivity contribution in [3.05, 3.63) is 29.8 Å². The first kappa shape index (κ1) is 25.5. The van der Waals surface area contributed by atoms with Crippen LogP contribution in [0.25, 0.3) is 0 Å². The van der Waals surface area contributed by atoms with Gasteiger partial charge in [-0.25, -0.2) is 0 Å². The molecular weight excluding hydrogens is 434 g/mol. The molecule has 4 N–H and O–H groups in total. The van der Waals surface area contributed by atoms with Crippen LogP contribution in [0, 0.1) is 5.92 Å². The Morgan fingerprint density at radius 1 is 1.12 bits per heavy atom. The first-order chi connectivity index (χ1) is 16.1. The molecule has 0 saturated heterocycles. The van der Waals surface area contributed by atoms with Crippen LogP contribution in [0.5, 0.6) is 5.75 Å². The van der Waals surface area contributed by atoms with Crippen molar-refractivity contribution in [3.8, 4) is 5.75 Å². The highest BCUT2D eigenvalue weighted by atomic mass is 16.5. The quantitative estimate of drug-likeness (QED) is 0.304. The molecule has 0 fully saturated rings. The molecule has 3 rings (SSSR count). The van der Waals surface area contributed by atoms with Crippen LogP contribution in [0.1, 0.15) is 54.0 Å². The second kappa shape index (κ2) is 10.9. The number of anilines is 4. The summed E-state index contributed by atoms with van der Waals surface area (Å²) in [5, 5.41) is 20.6. The monoisotopic (exact) mass is 471 g/mol. The number of carbonyl (C=O) groups excluding carboxylic acids is 1. The van der Waals surface area contributed by atoms with Gasteiger partial charge < -0.3 is 20.5 Å². The Hall–Kier alpha value is -3.11. The molecule has 1 aliphatic rings. The number of benzene rings is 1. The van der Waals surface area contributed by atoms with Gasteiger partial charge in [-0.1, -0.05) is 26.0 Å². The number of ether oxygens (including phenoxy) is 1. The predicted octanol–water partition coefficient (Wildman–Crippen LogP) is 3.31. The maximum absolute atomic E-state index is 11.3. The third-order valence-corrected chi connectivity index (χ3v) is 5.52. The van der Waals surface area contributed by atoms with E-state index in [0.29, 0.717) is 24.1 Å². The lowest BCUT2D eigenvalue weighted by Gasteiger charge is -2.27.